The highest BCUT2D eigenvalue weighted by Gasteiger charge is 2.03. The Bertz CT molecular complexity index is 462. The minimum absolute atomic E-state index is 0.402. The van der Waals surface area contributed by atoms with Crippen molar-refractivity contribution in [3.63, 3.8) is 0 Å². The molecule has 0 saturated heterocycles. The van der Waals surface area contributed by atoms with Crippen LogP contribution in [0.25, 0.3) is 0 Å². The van der Waals surface area contributed by atoms with Crippen LogP contribution in [0.4, 0.5) is 0 Å². The van der Waals surface area contributed by atoms with E-state index in [-0.39, 0.29) is 0 Å². The van der Waals surface area contributed by atoms with Crippen LogP contribution in [0.5, 0.6) is 0 Å². The zero-order chi connectivity index (χ0) is 11.5. The van der Waals surface area contributed by atoms with Crippen LogP contribution in [0.3, 0.4) is 0 Å². The molecule has 0 saturated carbocycles. The predicted molar refractivity (Wildman–Crippen MR) is 68.0 cm³/mol. The Hall–Kier alpha value is -0.840. The van der Waals surface area contributed by atoms with Gasteiger partial charge in [-0.15, -0.1) is 11.3 Å². The minimum atomic E-state index is -0.402. The van der Waals surface area contributed by atoms with Crippen LogP contribution in [0.15, 0.2) is 38.9 Å². The molecule has 1 atom stereocenters. The van der Waals surface area contributed by atoms with E-state index >= 15 is 0 Å². The third-order valence-corrected chi connectivity index (χ3v) is 4.23. The first-order valence-corrected chi connectivity index (χ1v) is 6.73. The van der Waals surface area contributed by atoms with Gasteiger partial charge in [0.2, 0.25) is 0 Å². The second-order valence-electron chi connectivity index (χ2n) is 3.60. The van der Waals surface area contributed by atoms with E-state index in [4.69, 9.17) is 0 Å². The van der Waals surface area contributed by atoms with Crippen molar-refractivity contribution < 1.29 is 5.11 Å². The van der Waals surface area contributed by atoms with Crippen LogP contribution in [0.1, 0.15) is 24.3 Å². The summed E-state index contributed by atoms with van der Waals surface area (Å²) in [7, 11) is 0. The molecule has 84 valence electrons. The van der Waals surface area contributed by atoms with Crippen molar-refractivity contribution in [3.05, 3.63) is 40.9 Å². The molecule has 0 spiro atoms. The van der Waals surface area contributed by atoms with Crippen LogP contribution >= 0.6 is 23.1 Å². The van der Waals surface area contributed by atoms with E-state index in [0.29, 0.717) is 0 Å². The second-order valence-corrected chi connectivity index (χ2v) is 5.78. The molecule has 2 aromatic rings. The lowest BCUT2D eigenvalue weighted by atomic mass is 10.1. The Kier molecular flexibility index (Phi) is 3.63. The van der Waals surface area contributed by atoms with Gasteiger partial charge >= 0.3 is 0 Å². The number of aromatic nitrogens is 1. The molecule has 0 amide bonds. The molecule has 0 aliphatic carbocycles. The van der Waals surface area contributed by atoms with Gasteiger partial charge in [-0.05, 0) is 31.5 Å². The molecule has 2 nitrogen and oxygen atoms in total. The fourth-order valence-corrected chi connectivity index (χ4v) is 3.10. The van der Waals surface area contributed by atoms with Crippen LogP contribution in [-0.2, 0) is 0 Å². The smallest absolute Gasteiger partial charge is 0.154 e. The Morgan fingerprint density at radius 3 is 2.50 bits per heavy atom. The number of hydrogen-bond acceptors (Lipinski definition) is 4. The fraction of sp³-hybridized carbons (Fsp3) is 0.250. The average molecular weight is 251 g/mol. The van der Waals surface area contributed by atoms with Crippen molar-refractivity contribution in [3.8, 4) is 0 Å². The number of nitrogens with zero attached hydrogens (tertiary/aromatic N) is 1. The van der Waals surface area contributed by atoms with Crippen molar-refractivity contribution >= 4 is 23.1 Å². The van der Waals surface area contributed by atoms with Gasteiger partial charge in [0.25, 0.3) is 0 Å². The van der Waals surface area contributed by atoms with Gasteiger partial charge in [0.05, 0.1) is 6.10 Å². The molecule has 0 fully saturated rings. The standard InChI is InChI=1S/C12H13NOS2/c1-8-7-15-12(13-8)16-11-5-3-10(4-6-11)9(2)14/h3-7,9,14H,1-2H3/t9-/m0/s1. The highest BCUT2D eigenvalue weighted by atomic mass is 32.2. The lowest BCUT2D eigenvalue weighted by molar-refractivity contribution is 0.199. The molecule has 4 heteroatoms. The summed E-state index contributed by atoms with van der Waals surface area (Å²) in [5, 5.41) is 11.4. The monoisotopic (exact) mass is 251 g/mol. The van der Waals surface area contributed by atoms with E-state index in [1.54, 1.807) is 30.0 Å². The number of aliphatic hydroxyl groups is 1. The molecule has 2 rings (SSSR count). The van der Waals surface area contributed by atoms with Crippen molar-refractivity contribution in [2.24, 2.45) is 0 Å². The number of aliphatic hydroxyl groups excluding tert-OH is 1. The van der Waals surface area contributed by atoms with Gasteiger partial charge < -0.3 is 5.11 Å². The molecule has 16 heavy (non-hydrogen) atoms. The Morgan fingerprint density at radius 2 is 2.00 bits per heavy atom. The summed E-state index contributed by atoms with van der Waals surface area (Å²) in [5.74, 6) is 0. The lowest BCUT2D eigenvalue weighted by Crippen LogP contribution is -1.89. The summed E-state index contributed by atoms with van der Waals surface area (Å²) in [5.41, 5.74) is 2.01. The molecule has 0 aliphatic heterocycles. The topological polar surface area (TPSA) is 33.1 Å². The summed E-state index contributed by atoms with van der Waals surface area (Å²) in [6.45, 7) is 3.77. The van der Waals surface area contributed by atoms with Crippen molar-refractivity contribution in [1.82, 2.24) is 4.98 Å². The van der Waals surface area contributed by atoms with E-state index < -0.39 is 6.10 Å². The summed E-state index contributed by atoms with van der Waals surface area (Å²) >= 11 is 3.31. The molecule has 0 unspecified atom stereocenters. The summed E-state index contributed by atoms with van der Waals surface area (Å²) in [6, 6.07) is 7.94. The number of aryl methyl sites for hydroxylation is 1. The SMILES string of the molecule is Cc1csc(Sc2ccc([C@H](C)O)cc2)n1. The van der Waals surface area contributed by atoms with Crippen molar-refractivity contribution in [2.45, 2.75) is 29.2 Å². The summed E-state index contributed by atoms with van der Waals surface area (Å²) in [4.78, 5) is 5.55. The molecule has 1 aromatic carbocycles. The first-order chi connectivity index (χ1) is 7.65. The molecule has 1 N–H and O–H groups in total. The lowest BCUT2D eigenvalue weighted by Gasteiger charge is -2.04. The van der Waals surface area contributed by atoms with Gasteiger partial charge in [0, 0.05) is 16.0 Å². The fourth-order valence-electron chi connectivity index (χ4n) is 1.29. The maximum absolute atomic E-state index is 9.39. The molecular formula is C12H13NOS2. The highest BCUT2D eigenvalue weighted by molar-refractivity contribution is 8.01. The van der Waals surface area contributed by atoms with E-state index in [0.717, 1.165) is 20.5 Å². The maximum atomic E-state index is 9.39. The van der Waals surface area contributed by atoms with Crippen molar-refractivity contribution in [1.29, 1.82) is 0 Å². The Balaban J connectivity index is 2.11. The van der Waals surface area contributed by atoms with Gasteiger partial charge in [-0.2, -0.15) is 0 Å². The van der Waals surface area contributed by atoms with Crippen LogP contribution in [0, 0.1) is 6.92 Å². The molecule has 0 radical (unpaired) electrons. The van der Waals surface area contributed by atoms with Crippen LogP contribution < -0.4 is 0 Å². The summed E-state index contributed by atoms with van der Waals surface area (Å²) in [6.07, 6.45) is -0.402. The maximum Gasteiger partial charge on any atom is 0.154 e. The molecule has 0 aliphatic rings. The van der Waals surface area contributed by atoms with Gasteiger partial charge in [0.1, 0.15) is 0 Å². The van der Waals surface area contributed by atoms with Crippen LogP contribution in [0.2, 0.25) is 0 Å². The molecule has 0 bridgehead atoms. The van der Waals surface area contributed by atoms with Gasteiger partial charge in [-0.3, -0.25) is 0 Å². The van der Waals surface area contributed by atoms with E-state index in [1.165, 1.54) is 0 Å². The quantitative estimate of drug-likeness (QED) is 0.903. The highest BCUT2D eigenvalue weighted by Crippen LogP contribution is 2.30. The third kappa shape index (κ3) is 2.84. The molecular weight excluding hydrogens is 238 g/mol. The third-order valence-electron chi connectivity index (χ3n) is 2.17. The minimum Gasteiger partial charge on any atom is -0.389 e. The predicted octanol–water partition coefficient (Wildman–Crippen LogP) is 3.66. The molecule has 1 heterocycles. The first-order valence-electron chi connectivity index (χ1n) is 5.03. The second kappa shape index (κ2) is 4.99. The zero-order valence-corrected chi connectivity index (χ0v) is 10.8. The first kappa shape index (κ1) is 11.6. The van der Waals surface area contributed by atoms with Gasteiger partial charge in [-0.1, -0.05) is 23.9 Å². The largest absolute Gasteiger partial charge is 0.389 e. The molecule has 1 aromatic heterocycles. The zero-order valence-electron chi connectivity index (χ0n) is 9.18. The summed E-state index contributed by atoms with van der Waals surface area (Å²) < 4.78 is 1.06. The van der Waals surface area contributed by atoms with E-state index in [1.807, 2.05) is 36.6 Å². The number of rotatable bonds is 3. The van der Waals surface area contributed by atoms with Gasteiger partial charge in [0.15, 0.2) is 4.34 Å². The number of hydrogen-bond donors (Lipinski definition) is 1. The van der Waals surface area contributed by atoms with Crippen molar-refractivity contribution in [2.75, 3.05) is 0 Å². The average Bonchev–Trinajstić information content (AvgIpc) is 2.65. The Morgan fingerprint density at radius 1 is 1.31 bits per heavy atom. The van der Waals surface area contributed by atoms with Crippen LogP contribution in [-0.4, -0.2) is 10.1 Å². The van der Waals surface area contributed by atoms with E-state index in [2.05, 4.69) is 4.98 Å². The van der Waals surface area contributed by atoms with E-state index in [9.17, 15) is 5.11 Å². The Labute approximate surface area is 103 Å². The van der Waals surface area contributed by atoms with Gasteiger partial charge in [-0.25, -0.2) is 4.98 Å². The number of thiazole rings is 1. The number of benzene rings is 1. The normalized spacial score (nSPS) is 12.7.